The molecule has 0 radical (unpaired) electrons. The highest BCUT2D eigenvalue weighted by molar-refractivity contribution is 6.03. The molecule has 0 saturated carbocycles. The van der Waals surface area contributed by atoms with Gasteiger partial charge in [-0.25, -0.2) is 9.18 Å². The zero-order valence-electron chi connectivity index (χ0n) is 7.34. The van der Waals surface area contributed by atoms with E-state index in [4.69, 9.17) is 5.11 Å². The smallest absolute Gasteiger partial charge is 0.336 e. The van der Waals surface area contributed by atoms with Crippen LogP contribution >= 0.6 is 0 Å². The lowest BCUT2D eigenvalue weighted by molar-refractivity contribution is 0.0699. The van der Waals surface area contributed by atoms with Gasteiger partial charge < -0.3 is 5.11 Å². The number of benzene rings is 1. The van der Waals surface area contributed by atoms with Crippen molar-refractivity contribution in [3.63, 3.8) is 0 Å². The third-order valence-electron chi connectivity index (χ3n) is 2.07. The molecule has 72 valence electrons. The van der Waals surface area contributed by atoms with E-state index in [1.807, 2.05) is 0 Å². The van der Waals surface area contributed by atoms with E-state index in [9.17, 15) is 9.18 Å². The predicted molar refractivity (Wildman–Crippen MR) is 47.7 cm³/mol. The topological polar surface area (TPSA) is 66.0 Å². The van der Waals surface area contributed by atoms with Crippen molar-refractivity contribution in [1.29, 1.82) is 0 Å². The van der Waals surface area contributed by atoms with Gasteiger partial charge in [0.2, 0.25) is 0 Å². The average molecular weight is 194 g/mol. The Morgan fingerprint density at radius 2 is 2.29 bits per heavy atom. The number of rotatable bonds is 1. The number of aromatic carboxylic acids is 1. The largest absolute Gasteiger partial charge is 0.478 e. The molecule has 0 aliphatic rings. The number of halogens is 1. The van der Waals surface area contributed by atoms with Gasteiger partial charge in [0.1, 0.15) is 5.52 Å². The van der Waals surface area contributed by atoms with Crippen molar-refractivity contribution in [2.75, 3.05) is 0 Å². The molecule has 0 spiro atoms. The molecule has 1 heterocycles. The molecule has 0 aliphatic carbocycles. The van der Waals surface area contributed by atoms with Crippen LogP contribution < -0.4 is 0 Å². The summed E-state index contributed by atoms with van der Waals surface area (Å²) in [4.78, 5) is 10.8. The molecular weight excluding hydrogens is 187 g/mol. The lowest BCUT2D eigenvalue weighted by atomic mass is 10.1. The Labute approximate surface area is 78.4 Å². The lowest BCUT2D eigenvalue weighted by Crippen LogP contribution is -1.98. The number of carbonyl (C=O) groups is 1. The van der Waals surface area contributed by atoms with Crippen LogP contribution in [-0.4, -0.2) is 21.3 Å². The Kier molecular flexibility index (Phi) is 1.73. The first-order chi connectivity index (χ1) is 6.61. The van der Waals surface area contributed by atoms with E-state index in [1.165, 1.54) is 6.07 Å². The fourth-order valence-corrected chi connectivity index (χ4v) is 1.43. The van der Waals surface area contributed by atoms with Crippen LogP contribution in [-0.2, 0) is 0 Å². The van der Waals surface area contributed by atoms with Crippen molar-refractivity contribution in [1.82, 2.24) is 10.2 Å². The highest BCUT2D eigenvalue weighted by atomic mass is 19.1. The van der Waals surface area contributed by atoms with E-state index in [-0.39, 0.29) is 11.1 Å². The number of hydrogen-bond acceptors (Lipinski definition) is 2. The number of aromatic amines is 1. The van der Waals surface area contributed by atoms with E-state index in [2.05, 4.69) is 10.2 Å². The second kappa shape index (κ2) is 2.80. The van der Waals surface area contributed by atoms with Crippen LogP contribution in [0, 0.1) is 12.7 Å². The Balaban J connectivity index is 2.92. The summed E-state index contributed by atoms with van der Waals surface area (Å²) in [5.74, 6) is -1.60. The van der Waals surface area contributed by atoms with Crippen molar-refractivity contribution < 1.29 is 14.3 Å². The maximum absolute atomic E-state index is 13.2. The Morgan fingerprint density at radius 3 is 2.93 bits per heavy atom. The molecule has 4 nitrogen and oxygen atoms in total. The molecule has 2 aromatic rings. The lowest BCUT2D eigenvalue weighted by Gasteiger charge is -1.97. The molecule has 0 atom stereocenters. The minimum absolute atomic E-state index is 0.0626. The monoisotopic (exact) mass is 194 g/mol. The van der Waals surface area contributed by atoms with E-state index < -0.39 is 11.8 Å². The Bertz CT molecular complexity index is 519. The van der Waals surface area contributed by atoms with Crippen LogP contribution in [0.1, 0.15) is 16.1 Å². The van der Waals surface area contributed by atoms with Crippen molar-refractivity contribution in [3.8, 4) is 0 Å². The highest BCUT2D eigenvalue weighted by Crippen LogP contribution is 2.22. The zero-order chi connectivity index (χ0) is 10.3. The normalized spacial score (nSPS) is 10.7. The molecule has 0 fully saturated rings. The standard InChI is InChI=1S/C9H7FN2O2/c1-4-7-5(9(13)14)2-3-6(10)8(7)12-11-4/h2-3H,1H3,(H,11,12)(H,13,14). The number of fused-ring (bicyclic) bond motifs is 1. The van der Waals surface area contributed by atoms with E-state index in [1.54, 1.807) is 6.92 Å². The van der Waals surface area contributed by atoms with Crippen LogP contribution in [0.25, 0.3) is 10.9 Å². The predicted octanol–water partition coefficient (Wildman–Crippen LogP) is 1.71. The van der Waals surface area contributed by atoms with Crippen molar-refractivity contribution in [2.24, 2.45) is 0 Å². The molecule has 2 N–H and O–H groups in total. The summed E-state index contributed by atoms with van der Waals surface area (Å²) in [5.41, 5.74) is 0.687. The van der Waals surface area contributed by atoms with E-state index in [0.717, 1.165) is 6.07 Å². The number of aromatic nitrogens is 2. The molecule has 1 aromatic heterocycles. The summed E-state index contributed by atoms with van der Waals surface area (Å²) in [7, 11) is 0. The number of hydrogen-bond donors (Lipinski definition) is 2. The second-order valence-electron chi connectivity index (χ2n) is 2.97. The molecule has 14 heavy (non-hydrogen) atoms. The third kappa shape index (κ3) is 1.06. The maximum Gasteiger partial charge on any atom is 0.336 e. The number of H-pyrrole nitrogens is 1. The number of aryl methyl sites for hydroxylation is 1. The van der Waals surface area contributed by atoms with Gasteiger partial charge in [-0.3, -0.25) is 5.10 Å². The number of nitrogens with zero attached hydrogens (tertiary/aromatic N) is 1. The molecule has 5 heteroatoms. The first-order valence-corrected chi connectivity index (χ1v) is 3.97. The van der Waals surface area contributed by atoms with Gasteiger partial charge in [-0.05, 0) is 19.1 Å². The molecule has 2 rings (SSSR count). The van der Waals surface area contributed by atoms with E-state index in [0.29, 0.717) is 11.1 Å². The Morgan fingerprint density at radius 1 is 1.57 bits per heavy atom. The van der Waals surface area contributed by atoms with Gasteiger partial charge in [-0.1, -0.05) is 0 Å². The molecule has 0 saturated heterocycles. The van der Waals surface area contributed by atoms with Gasteiger partial charge in [0, 0.05) is 11.1 Å². The number of carboxylic acids is 1. The first-order valence-electron chi connectivity index (χ1n) is 3.97. The molecular formula is C9H7FN2O2. The molecule has 0 amide bonds. The van der Waals surface area contributed by atoms with Crippen molar-refractivity contribution in [3.05, 3.63) is 29.2 Å². The van der Waals surface area contributed by atoms with Gasteiger partial charge in [0.25, 0.3) is 0 Å². The first kappa shape index (κ1) is 8.68. The molecule has 1 aromatic carbocycles. The molecule has 0 bridgehead atoms. The van der Waals surface area contributed by atoms with Gasteiger partial charge in [-0.15, -0.1) is 0 Å². The second-order valence-corrected chi connectivity index (χ2v) is 2.97. The summed E-state index contributed by atoms with van der Waals surface area (Å²) in [6.45, 7) is 1.65. The van der Waals surface area contributed by atoms with Gasteiger partial charge in [0.15, 0.2) is 5.82 Å². The van der Waals surface area contributed by atoms with Crippen LogP contribution in [0.3, 0.4) is 0 Å². The highest BCUT2D eigenvalue weighted by Gasteiger charge is 2.15. The molecule has 0 unspecified atom stereocenters. The summed E-state index contributed by atoms with van der Waals surface area (Å²) in [5, 5.41) is 15.4. The summed E-state index contributed by atoms with van der Waals surface area (Å²) < 4.78 is 13.2. The van der Waals surface area contributed by atoms with Gasteiger partial charge >= 0.3 is 5.97 Å². The van der Waals surface area contributed by atoms with Gasteiger partial charge in [-0.2, -0.15) is 5.10 Å². The summed E-state index contributed by atoms with van der Waals surface area (Å²) >= 11 is 0. The van der Waals surface area contributed by atoms with Crippen LogP contribution in [0.5, 0.6) is 0 Å². The van der Waals surface area contributed by atoms with Gasteiger partial charge in [0.05, 0.1) is 5.56 Å². The van der Waals surface area contributed by atoms with E-state index >= 15 is 0 Å². The Hall–Kier alpha value is -1.91. The minimum Gasteiger partial charge on any atom is -0.478 e. The van der Waals surface area contributed by atoms with Crippen LogP contribution in [0.2, 0.25) is 0 Å². The number of carboxylic acid groups (broad SMARTS) is 1. The minimum atomic E-state index is -1.08. The number of nitrogens with one attached hydrogen (secondary N) is 1. The van der Waals surface area contributed by atoms with Crippen LogP contribution in [0.4, 0.5) is 4.39 Å². The average Bonchev–Trinajstić information content (AvgIpc) is 2.50. The van der Waals surface area contributed by atoms with Crippen molar-refractivity contribution in [2.45, 2.75) is 6.92 Å². The van der Waals surface area contributed by atoms with Crippen LogP contribution in [0.15, 0.2) is 12.1 Å². The molecule has 0 aliphatic heterocycles. The SMILES string of the molecule is Cc1[nH]nc2c(F)ccc(C(=O)O)c12. The fraction of sp³-hybridized carbons (Fsp3) is 0.111. The van der Waals surface area contributed by atoms with Crippen molar-refractivity contribution >= 4 is 16.9 Å². The quantitative estimate of drug-likeness (QED) is 0.726. The summed E-state index contributed by atoms with van der Waals surface area (Å²) in [6.07, 6.45) is 0. The third-order valence-corrected chi connectivity index (χ3v) is 2.07. The zero-order valence-corrected chi connectivity index (χ0v) is 7.34. The fourth-order valence-electron chi connectivity index (χ4n) is 1.43. The summed E-state index contributed by atoms with van der Waals surface area (Å²) in [6, 6.07) is 2.34. The maximum atomic E-state index is 13.2.